The number of fused-ring (bicyclic) bond motifs is 1. The molecule has 160 valence electrons. The van der Waals surface area contributed by atoms with Crippen molar-refractivity contribution in [3.63, 3.8) is 0 Å². The molecule has 8 heteroatoms. The van der Waals surface area contributed by atoms with Gasteiger partial charge in [0.1, 0.15) is 5.75 Å². The van der Waals surface area contributed by atoms with E-state index in [9.17, 15) is 9.59 Å². The van der Waals surface area contributed by atoms with E-state index in [4.69, 9.17) is 9.47 Å². The Morgan fingerprint density at radius 1 is 1.23 bits per heavy atom. The second kappa shape index (κ2) is 8.64. The van der Waals surface area contributed by atoms with Gasteiger partial charge in [0.2, 0.25) is 0 Å². The van der Waals surface area contributed by atoms with Gasteiger partial charge in [-0.2, -0.15) is 0 Å². The molecule has 6 nitrogen and oxygen atoms in total. The molecular weight excluding hydrogens is 432 g/mol. The molecule has 1 aliphatic rings. The van der Waals surface area contributed by atoms with Gasteiger partial charge in [0.15, 0.2) is 4.80 Å². The van der Waals surface area contributed by atoms with Gasteiger partial charge in [-0.25, -0.2) is 9.79 Å². The number of benzene rings is 1. The molecular formula is C23H22N2O4S2. The molecule has 0 amide bonds. The highest BCUT2D eigenvalue weighted by Crippen LogP contribution is 2.31. The quantitative estimate of drug-likeness (QED) is 0.556. The smallest absolute Gasteiger partial charge is 0.338 e. The van der Waals surface area contributed by atoms with Crippen molar-refractivity contribution in [1.82, 2.24) is 4.57 Å². The van der Waals surface area contributed by atoms with Crippen molar-refractivity contribution in [3.8, 4) is 5.75 Å². The fourth-order valence-corrected chi connectivity index (χ4v) is 5.51. The topological polar surface area (TPSA) is 69.9 Å². The zero-order valence-electron chi connectivity index (χ0n) is 17.7. The van der Waals surface area contributed by atoms with Gasteiger partial charge in [0.25, 0.3) is 5.56 Å². The number of thiophene rings is 1. The molecule has 1 atom stereocenters. The van der Waals surface area contributed by atoms with E-state index in [1.165, 1.54) is 11.3 Å². The van der Waals surface area contributed by atoms with E-state index in [1.807, 2.05) is 48.7 Å². The zero-order valence-corrected chi connectivity index (χ0v) is 19.3. The van der Waals surface area contributed by atoms with Crippen LogP contribution < -0.4 is 19.6 Å². The van der Waals surface area contributed by atoms with Crippen molar-refractivity contribution < 1.29 is 14.3 Å². The Hall–Kier alpha value is -2.97. The Balaban J connectivity index is 1.96. The number of carbonyl (C=O) groups excluding carboxylic acids is 1. The molecule has 0 saturated heterocycles. The van der Waals surface area contributed by atoms with E-state index >= 15 is 0 Å². The number of carbonyl (C=O) groups is 1. The number of hydrogen-bond acceptors (Lipinski definition) is 7. The Morgan fingerprint density at radius 3 is 2.58 bits per heavy atom. The largest absolute Gasteiger partial charge is 0.497 e. The third kappa shape index (κ3) is 3.88. The number of nitrogens with zero attached hydrogens (tertiary/aromatic N) is 2. The first kappa shape index (κ1) is 21.3. The molecule has 3 heterocycles. The second-order valence-electron chi connectivity index (χ2n) is 7.04. The number of thiazole rings is 1. The number of hydrogen-bond donors (Lipinski definition) is 0. The standard InChI is InChI=1S/C23H22N2O4S2/c1-5-29-22(27)19-14(3)24-23-25(20(19)15-6-8-16(28-4)9-7-15)21(26)18(31-23)12-17-13(2)10-11-30-17/h6-12,20H,5H2,1-4H3/b18-12-/t20-/m0/s1. The van der Waals surface area contributed by atoms with Crippen LogP contribution in [-0.4, -0.2) is 24.3 Å². The number of methoxy groups -OCH3 is 1. The number of aromatic nitrogens is 1. The summed E-state index contributed by atoms with van der Waals surface area (Å²) in [5.41, 5.74) is 2.66. The van der Waals surface area contributed by atoms with E-state index in [0.29, 0.717) is 26.4 Å². The third-order valence-corrected chi connectivity index (χ3v) is 7.06. The molecule has 0 bridgehead atoms. The highest BCUT2D eigenvalue weighted by Gasteiger charge is 2.33. The zero-order chi connectivity index (χ0) is 22.1. The SMILES string of the molecule is CCOC(=O)C1=C(C)N=c2s/c(=C\c3sccc3C)c(=O)n2[C@H]1c1ccc(OC)cc1. The molecule has 0 spiro atoms. The summed E-state index contributed by atoms with van der Waals surface area (Å²) in [7, 11) is 1.60. The Bertz CT molecular complexity index is 1340. The van der Waals surface area contributed by atoms with Crippen LogP contribution in [0.4, 0.5) is 0 Å². The van der Waals surface area contributed by atoms with E-state index < -0.39 is 12.0 Å². The number of ether oxygens (including phenoxy) is 2. The highest BCUT2D eigenvalue weighted by molar-refractivity contribution is 7.11. The first-order chi connectivity index (χ1) is 14.9. The second-order valence-corrected chi connectivity index (χ2v) is 9.00. The van der Waals surface area contributed by atoms with Crippen molar-refractivity contribution in [1.29, 1.82) is 0 Å². The van der Waals surface area contributed by atoms with Crippen LogP contribution in [0.5, 0.6) is 5.75 Å². The summed E-state index contributed by atoms with van der Waals surface area (Å²) >= 11 is 2.92. The van der Waals surface area contributed by atoms with Crippen molar-refractivity contribution >= 4 is 34.7 Å². The summed E-state index contributed by atoms with van der Waals surface area (Å²) in [5, 5.41) is 2.00. The average Bonchev–Trinajstić information content (AvgIpc) is 3.30. The van der Waals surface area contributed by atoms with Crippen LogP contribution in [0, 0.1) is 6.92 Å². The summed E-state index contributed by atoms with van der Waals surface area (Å²) in [6, 6.07) is 8.77. The fraction of sp³-hybridized carbons (Fsp3) is 0.261. The maximum Gasteiger partial charge on any atom is 0.338 e. The first-order valence-electron chi connectivity index (χ1n) is 9.82. The van der Waals surface area contributed by atoms with E-state index in [-0.39, 0.29) is 12.2 Å². The number of aryl methyl sites for hydroxylation is 1. The van der Waals surface area contributed by atoms with Gasteiger partial charge < -0.3 is 9.47 Å². The molecule has 0 unspecified atom stereocenters. The lowest BCUT2D eigenvalue weighted by molar-refractivity contribution is -0.139. The Kier molecular flexibility index (Phi) is 5.93. The molecule has 0 radical (unpaired) electrons. The van der Waals surface area contributed by atoms with Crippen LogP contribution in [0.25, 0.3) is 6.08 Å². The average molecular weight is 455 g/mol. The van der Waals surface area contributed by atoms with E-state index in [1.54, 1.807) is 36.9 Å². The molecule has 1 aliphatic heterocycles. The van der Waals surface area contributed by atoms with Gasteiger partial charge >= 0.3 is 5.97 Å². The minimum atomic E-state index is -0.618. The van der Waals surface area contributed by atoms with Gasteiger partial charge in [0, 0.05) is 4.88 Å². The Labute approximate surface area is 187 Å². The normalized spacial score (nSPS) is 16.1. The maximum absolute atomic E-state index is 13.5. The summed E-state index contributed by atoms with van der Waals surface area (Å²) in [5.74, 6) is 0.232. The van der Waals surface area contributed by atoms with Crippen LogP contribution in [-0.2, 0) is 9.53 Å². The minimum absolute atomic E-state index is 0.174. The molecule has 0 N–H and O–H groups in total. The lowest BCUT2D eigenvalue weighted by Crippen LogP contribution is -2.39. The molecule has 0 saturated carbocycles. The highest BCUT2D eigenvalue weighted by atomic mass is 32.1. The van der Waals surface area contributed by atoms with Crippen molar-refractivity contribution in [3.05, 3.63) is 82.7 Å². The molecule has 1 aromatic carbocycles. The van der Waals surface area contributed by atoms with Crippen LogP contribution in [0.2, 0.25) is 0 Å². The summed E-state index contributed by atoms with van der Waals surface area (Å²) < 4.78 is 12.8. The monoisotopic (exact) mass is 454 g/mol. The van der Waals surface area contributed by atoms with Gasteiger partial charge in [-0.15, -0.1) is 11.3 Å². The lowest BCUT2D eigenvalue weighted by atomic mass is 9.96. The molecule has 2 aromatic heterocycles. The molecule has 0 aliphatic carbocycles. The third-order valence-electron chi connectivity index (χ3n) is 5.11. The van der Waals surface area contributed by atoms with Crippen LogP contribution >= 0.6 is 22.7 Å². The van der Waals surface area contributed by atoms with Crippen molar-refractivity contribution in [2.75, 3.05) is 13.7 Å². The summed E-state index contributed by atoms with van der Waals surface area (Å²) in [6.45, 7) is 5.80. The molecule has 31 heavy (non-hydrogen) atoms. The minimum Gasteiger partial charge on any atom is -0.497 e. The summed E-state index contributed by atoms with van der Waals surface area (Å²) in [6.07, 6.45) is 1.90. The summed E-state index contributed by atoms with van der Waals surface area (Å²) in [4.78, 5) is 32.5. The fourth-order valence-electron chi connectivity index (χ4n) is 3.54. The predicted molar refractivity (Wildman–Crippen MR) is 122 cm³/mol. The molecule has 4 rings (SSSR count). The number of allylic oxidation sites excluding steroid dienone is 1. The van der Waals surface area contributed by atoms with Crippen LogP contribution in [0.15, 0.2) is 56.8 Å². The number of rotatable bonds is 5. The predicted octanol–water partition coefficient (Wildman–Crippen LogP) is 3.18. The first-order valence-corrected chi connectivity index (χ1v) is 11.5. The number of esters is 1. The van der Waals surface area contributed by atoms with Crippen molar-refractivity contribution in [2.24, 2.45) is 4.99 Å². The van der Waals surface area contributed by atoms with E-state index in [2.05, 4.69) is 4.99 Å². The lowest BCUT2D eigenvalue weighted by Gasteiger charge is -2.24. The molecule has 3 aromatic rings. The van der Waals surface area contributed by atoms with E-state index in [0.717, 1.165) is 16.0 Å². The molecule has 0 fully saturated rings. The van der Waals surface area contributed by atoms with Crippen LogP contribution in [0.3, 0.4) is 0 Å². The van der Waals surface area contributed by atoms with Gasteiger partial charge in [0.05, 0.1) is 35.6 Å². The van der Waals surface area contributed by atoms with Crippen molar-refractivity contribution in [2.45, 2.75) is 26.8 Å². The van der Waals surface area contributed by atoms with Crippen LogP contribution in [0.1, 0.15) is 35.9 Å². The maximum atomic E-state index is 13.5. The van der Waals surface area contributed by atoms with Gasteiger partial charge in [-0.1, -0.05) is 23.5 Å². The van der Waals surface area contributed by atoms with Gasteiger partial charge in [-0.3, -0.25) is 9.36 Å². The van der Waals surface area contributed by atoms with Gasteiger partial charge in [-0.05, 0) is 61.6 Å². The Morgan fingerprint density at radius 2 is 1.97 bits per heavy atom.